The molecule has 8 nitrogen and oxygen atoms in total. The van der Waals surface area contributed by atoms with E-state index in [1.54, 1.807) is 0 Å². The molecular formula is C7H17N3O5S2. The maximum atomic E-state index is 11.8. The summed E-state index contributed by atoms with van der Waals surface area (Å²) in [5.41, 5.74) is 0. The molecule has 1 fully saturated rings. The van der Waals surface area contributed by atoms with Crippen molar-refractivity contribution in [2.24, 2.45) is 0 Å². The second-order valence-corrected chi connectivity index (χ2v) is 8.09. The van der Waals surface area contributed by atoms with Crippen LogP contribution in [0.15, 0.2) is 0 Å². The largest absolute Gasteiger partial charge is 0.390 e. The summed E-state index contributed by atoms with van der Waals surface area (Å²) < 4.78 is 49.8. The van der Waals surface area contributed by atoms with Crippen LogP contribution in [0.25, 0.3) is 0 Å². The zero-order valence-electron chi connectivity index (χ0n) is 9.86. The summed E-state index contributed by atoms with van der Waals surface area (Å²) in [6.45, 7) is -0.192. The van der Waals surface area contributed by atoms with Crippen molar-refractivity contribution in [1.82, 2.24) is 13.3 Å². The highest BCUT2D eigenvalue weighted by Gasteiger charge is 2.39. The van der Waals surface area contributed by atoms with E-state index in [9.17, 15) is 21.9 Å². The van der Waals surface area contributed by atoms with E-state index in [1.165, 1.54) is 14.1 Å². The van der Waals surface area contributed by atoms with Gasteiger partial charge in [0.05, 0.1) is 18.4 Å². The van der Waals surface area contributed by atoms with E-state index in [-0.39, 0.29) is 13.1 Å². The average molecular weight is 287 g/mol. The summed E-state index contributed by atoms with van der Waals surface area (Å²) >= 11 is 0. The van der Waals surface area contributed by atoms with Gasteiger partial charge in [-0.2, -0.15) is 17.0 Å². The molecule has 1 rings (SSSR count). The fraction of sp³-hybridized carbons (Fsp3) is 1.00. The van der Waals surface area contributed by atoms with Gasteiger partial charge >= 0.3 is 0 Å². The van der Waals surface area contributed by atoms with E-state index >= 15 is 0 Å². The number of aliphatic hydroxyl groups is 1. The Morgan fingerprint density at radius 2 is 1.76 bits per heavy atom. The normalized spacial score (nSPS) is 27.8. The van der Waals surface area contributed by atoms with Crippen LogP contribution in [0.3, 0.4) is 0 Å². The molecule has 0 unspecified atom stereocenters. The molecule has 0 radical (unpaired) electrons. The molecule has 0 spiro atoms. The van der Waals surface area contributed by atoms with E-state index in [0.717, 1.165) is 14.9 Å². The van der Waals surface area contributed by atoms with Crippen molar-refractivity contribution in [3.63, 3.8) is 0 Å². The van der Waals surface area contributed by atoms with E-state index in [4.69, 9.17) is 0 Å². The molecule has 0 aromatic rings. The molecular weight excluding hydrogens is 270 g/mol. The average Bonchev–Trinajstić information content (AvgIpc) is 2.45. The van der Waals surface area contributed by atoms with Gasteiger partial charge in [0, 0.05) is 27.2 Å². The maximum Gasteiger partial charge on any atom is 0.281 e. The first-order valence-electron chi connectivity index (χ1n) is 4.87. The van der Waals surface area contributed by atoms with Gasteiger partial charge < -0.3 is 5.11 Å². The molecule has 0 aromatic carbocycles. The van der Waals surface area contributed by atoms with Gasteiger partial charge in [-0.05, 0) is 0 Å². The fourth-order valence-corrected chi connectivity index (χ4v) is 3.50. The van der Waals surface area contributed by atoms with Crippen LogP contribution in [0.2, 0.25) is 0 Å². The molecule has 0 bridgehead atoms. The third kappa shape index (κ3) is 3.60. The number of hydrogen-bond donors (Lipinski definition) is 2. The standard InChI is InChI=1S/C7H17N3O5S2/c1-9(2)17(14,15)10-4-6(7(11)5-10)8-16(3,12)13/h6-8,11H,4-5H2,1-3H3/t6-,7-/m1/s1. The molecule has 0 aromatic heterocycles. The van der Waals surface area contributed by atoms with Crippen molar-refractivity contribution in [3.8, 4) is 0 Å². The Bertz CT molecular complexity index is 472. The summed E-state index contributed by atoms with van der Waals surface area (Å²) in [6.07, 6.45) is -0.0810. The van der Waals surface area contributed by atoms with E-state index < -0.39 is 32.4 Å². The number of sulfonamides is 1. The topological polar surface area (TPSA) is 107 Å². The van der Waals surface area contributed by atoms with Crippen molar-refractivity contribution in [1.29, 1.82) is 0 Å². The molecule has 17 heavy (non-hydrogen) atoms. The van der Waals surface area contributed by atoms with Crippen LogP contribution >= 0.6 is 0 Å². The van der Waals surface area contributed by atoms with E-state index in [1.807, 2.05) is 0 Å². The Morgan fingerprint density at radius 1 is 1.24 bits per heavy atom. The van der Waals surface area contributed by atoms with Crippen molar-refractivity contribution in [3.05, 3.63) is 0 Å². The first kappa shape index (κ1) is 14.8. The van der Waals surface area contributed by atoms with Crippen LogP contribution in [0.4, 0.5) is 0 Å². The highest BCUT2D eigenvalue weighted by molar-refractivity contribution is 7.88. The lowest BCUT2D eigenvalue weighted by atomic mass is 10.2. The predicted octanol–water partition coefficient (Wildman–Crippen LogP) is -2.61. The Balaban J connectivity index is 2.81. The smallest absolute Gasteiger partial charge is 0.281 e. The summed E-state index contributed by atoms with van der Waals surface area (Å²) in [6, 6.07) is -0.806. The number of nitrogens with zero attached hydrogens (tertiary/aromatic N) is 2. The molecule has 0 aliphatic carbocycles. The number of aliphatic hydroxyl groups excluding tert-OH is 1. The molecule has 2 atom stereocenters. The Morgan fingerprint density at radius 3 is 2.18 bits per heavy atom. The monoisotopic (exact) mass is 287 g/mol. The maximum absolute atomic E-state index is 11.8. The van der Waals surface area contributed by atoms with Crippen LogP contribution in [-0.4, -0.2) is 76.1 Å². The summed E-state index contributed by atoms with van der Waals surface area (Å²) in [5.74, 6) is 0. The molecule has 1 aliphatic heterocycles. The SMILES string of the molecule is CN(C)S(=O)(=O)N1C[C@@H](O)[C@H](NS(C)(=O)=O)C1. The zero-order valence-corrected chi connectivity index (χ0v) is 11.5. The Kier molecular flexibility index (Phi) is 4.16. The van der Waals surface area contributed by atoms with Gasteiger partial charge in [-0.1, -0.05) is 0 Å². The third-order valence-electron chi connectivity index (χ3n) is 2.41. The number of hydrogen-bond acceptors (Lipinski definition) is 5. The summed E-state index contributed by atoms with van der Waals surface area (Å²) in [4.78, 5) is 0. The summed E-state index contributed by atoms with van der Waals surface area (Å²) in [7, 11) is -4.35. The van der Waals surface area contributed by atoms with Gasteiger partial charge in [-0.3, -0.25) is 0 Å². The predicted molar refractivity (Wildman–Crippen MR) is 62.0 cm³/mol. The number of rotatable bonds is 4. The van der Waals surface area contributed by atoms with Gasteiger partial charge in [0.2, 0.25) is 10.0 Å². The second-order valence-electron chi connectivity index (χ2n) is 4.17. The lowest BCUT2D eigenvalue weighted by Gasteiger charge is -2.20. The van der Waals surface area contributed by atoms with Gasteiger partial charge in [0.25, 0.3) is 10.2 Å². The number of β-amino-alcohol motifs (C(OH)–C–C–N with tert-alkyl or cyclic N) is 1. The quantitative estimate of drug-likeness (QED) is 0.589. The van der Waals surface area contributed by atoms with Crippen molar-refractivity contribution in [2.75, 3.05) is 33.4 Å². The van der Waals surface area contributed by atoms with Crippen molar-refractivity contribution in [2.45, 2.75) is 12.1 Å². The summed E-state index contributed by atoms with van der Waals surface area (Å²) in [5, 5.41) is 9.62. The minimum Gasteiger partial charge on any atom is -0.390 e. The first-order chi connectivity index (χ1) is 7.54. The van der Waals surface area contributed by atoms with Gasteiger partial charge in [0.15, 0.2) is 0 Å². The van der Waals surface area contributed by atoms with Crippen LogP contribution in [0.1, 0.15) is 0 Å². The van der Waals surface area contributed by atoms with E-state index in [0.29, 0.717) is 0 Å². The number of nitrogens with one attached hydrogen (secondary N) is 1. The fourth-order valence-electron chi connectivity index (χ4n) is 1.56. The molecule has 1 heterocycles. The van der Waals surface area contributed by atoms with Crippen molar-refractivity contribution < 1.29 is 21.9 Å². The first-order valence-corrected chi connectivity index (χ1v) is 8.16. The molecule has 0 saturated carbocycles. The minimum atomic E-state index is -3.63. The highest BCUT2D eigenvalue weighted by atomic mass is 32.2. The van der Waals surface area contributed by atoms with Gasteiger partial charge in [-0.15, -0.1) is 0 Å². The molecule has 1 aliphatic rings. The molecule has 0 amide bonds. The Labute approximate surface area is 101 Å². The van der Waals surface area contributed by atoms with Gasteiger partial charge in [0.1, 0.15) is 0 Å². The van der Waals surface area contributed by atoms with Crippen LogP contribution in [0, 0.1) is 0 Å². The Hall–Kier alpha value is -0.260. The minimum absolute atomic E-state index is 0.0747. The van der Waals surface area contributed by atoms with Gasteiger partial charge in [-0.25, -0.2) is 13.1 Å². The van der Waals surface area contributed by atoms with Crippen LogP contribution in [-0.2, 0) is 20.2 Å². The third-order valence-corrected chi connectivity index (χ3v) is 5.01. The molecule has 102 valence electrons. The van der Waals surface area contributed by atoms with E-state index in [2.05, 4.69) is 4.72 Å². The molecule has 2 N–H and O–H groups in total. The molecule has 10 heteroatoms. The zero-order chi connectivity index (χ0) is 13.4. The molecule has 1 saturated heterocycles. The van der Waals surface area contributed by atoms with Crippen molar-refractivity contribution >= 4 is 20.2 Å². The lowest BCUT2D eigenvalue weighted by Crippen LogP contribution is -2.43. The van der Waals surface area contributed by atoms with Crippen LogP contribution < -0.4 is 4.72 Å². The second kappa shape index (κ2) is 4.78. The lowest BCUT2D eigenvalue weighted by molar-refractivity contribution is 0.168. The van der Waals surface area contributed by atoms with Crippen LogP contribution in [0.5, 0.6) is 0 Å². The highest BCUT2D eigenvalue weighted by Crippen LogP contribution is 2.16.